The molecule has 152 valence electrons. The summed E-state index contributed by atoms with van der Waals surface area (Å²) in [6.45, 7) is 2.37. The standard InChI is InChI=1S/C21H27NO6/c1-4-27-20(21(24)22-26-3)12-15-8-10-17(11-9-15)28-14-19(23)16-6-5-7-18(13-16)25-2/h5-11,13,19-20,23H,4,12,14H2,1-3H3,(H,22,24). The lowest BCUT2D eigenvalue weighted by Crippen LogP contribution is -2.37. The zero-order valence-corrected chi connectivity index (χ0v) is 16.4. The van der Waals surface area contributed by atoms with Gasteiger partial charge in [-0.3, -0.25) is 9.63 Å². The number of amides is 1. The zero-order chi connectivity index (χ0) is 20.4. The Labute approximate surface area is 165 Å². The molecule has 2 aromatic rings. The van der Waals surface area contributed by atoms with Gasteiger partial charge >= 0.3 is 0 Å². The van der Waals surface area contributed by atoms with E-state index in [4.69, 9.17) is 14.2 Å². The normalized spacial score (nSPS) is 12.9. The predicted molar refractivity (Wildman–Crippen MR) is 104 cm³/mol. The first kappa shape index (κ1) is 21.7. The van der Waals surface area contributed by atoms with Crippen LogP contribution in [-0.4, -0.2) is 44.6 Å². The van der Waals surface area contributed by atoms with Crippen molar-refractivity contribution < 1.29 is 28.9 Å². The van der Waals surface area contributed by atoms with E-state index in [1.54, 1.807) is 25.3 Å². The van der Waals surface area contributed by atoms with Crippen LogP contribution in [0.4, 0.5) is 0 Å². The van der Waals surface area contributed by atoms with Crippen LogP contribution >= 0.6 is 0 Å². The van der Waals surface area contributed by atoms with Gasteiger partial charge in [-0.15, -0.1) is 0 Å². The second kappa shape index (κ2) is 11.3. The summed E-state index contributed by atoms with van der Waals surface area (Å²) >= 11 is 0. The van der Waals surface area contributed by atoms with E-state index < -0.39 is 12.2 Å². The first-order valence-corrected chi connectivity index (χ1v) is 9.05. The van der Waals surface area contributed by atoms with E-state index in [9.17, 15) is 9.90 Å². The number of benzene rings is 2. The lowest BCUT2D eigenvalue weighted by Gasteiger charge is -2.16. The molecule has 0 aliphatic carbocycles. The smallest absolute Gasteiger partial charge is 0.272 e. The fraction of sp³-hybridized carbons (Fsp3) is 0.381. The molecule has 0 saturated carbocycles. The Balaban J connectivity index is 1.91. The summed E-state index contributed by atoms with van der Waals surface area (Å²) in [4.78, 5) is 16.6. The van der Waals surface area contributed by atoms with Crippen LogP contribution in [0.3, 0.4) is 0 Å². The average Bonchev–Trinajstić information content (AvgIpc) is 2.72. The number of hydrogen-bond donors (Lipinski definition) is 2. The third-order valence-corrected chi connectivity index (χ3v) is 4.09. The molecule has 0 aliphatic heterocycles. The highest BCUT2D eigenvalue weighted by molar-refractivity contribution is 5.80. The van der Waals surface area contributed by atoms with Gasteiger partial charge in [0, 0.05) is 13.0 Å². The van der Waals surface area contributed by atoms with Crippen LogP contribution in [-0.2, 0) is 20.8 Å². The summed E-state index contributed by atoms with van der Waals surface area (Å²) in [6.07, 6.45) is -0.989. The third kappa shape index (κ3) is 6.53. The number of carbonyl (C=O) groups is 1. The Morgan fingerprint density at radius 1 is 1.11 bits per heavy atom. The number of methoxy groups -OCH3 is 1. The van der Waals surface area contributed by atoms with Crippen molar-refractivity contribution in [2.75, 3.05) is 27.4 Å². The van der Waals surface area contributed by atoms with Crippen molar-refractivity contribution in [2.24, 2.45) is 0 Å². The highest BCUT2D eigenvalue weighted by Crippen LogP contribution is 2.21. The summed E-state index contributed by atoms with van der Waals surface area (Å²) in [6, 6.07) is 14.5. The Hall–Kier alpha value is -2.61. The number of ether oxygens (including phenoxy) is 3. The van der Waals surface area contributed by atoms with E-state index in [1.165, 1.54) is 7.11 Å². The molecule has 28 heavy (non-hydrogen) atoms. The van der Waals surface area contributed by atoms with Gasteiger partial charge in [-0.1, -0.05) is 24.3 Å². The summed E-state index contributed by atoms with van der Waals surface area (Å²) < 4.78 is 16.3. The van der Waals surface area contributed by atoms with Gasteiger partial charge in [-0.25, -0.2) is 5.48 Å². The van der Waals surface area contributed by atoms with E-state index in [0.29, 0.717) is 24.5 Å². The van der Waals surface area contributed by atoms with Crippen molar-refractivity contribution in [3.8, 4) is 11.5 Å². The second-order valence-corrected chi connectivity index (χ2v) is 6.07. The predicted octanol–water partition coefficient (Wildman–Crippen LogP) is 2.43. The number of hydrogen-bond acceptors (Lipinski definition) is 6. The second-order valence-electron chi connectivity index (χ2n) is 6.07. The van der Waals surface area contributed by atoms with Crippen molar-refractivity contribution in [3.05, 3.63) is 59.7 Å². The van der Waals surface area contributed by atoms with Crippen LogP contribution in [0.5, 0.6) is 11.5 Å². The topological polar surface area (TPSA) is 86.3 Å². The van der Waals surface area contributed by atoms with Crippen molar-refractivity contribution in [1.82, 2.24) is 5.48 Å². The molecule has 0 saturated heterocycles. The Morgan fingerprint density at radius 3 is 2.50 bits per heavy atom. The Kier molecular flexibility index (Phi) is 8.74. The van der Waals surface area contributed by atoms with Crippen LogP contribution in [0.1, 0.15) is 24.2 Å². The minimum atomic E-state index is -0.769. The maximum Gasteiger partial charge on any atom is 0.272 e. The molecule has 0 fully saturated rings. The Bertz CT molecular complexity index is 734. The fourth-order valence-electron chi connectivity index (χ4n) is 2.65. The Morgan fingerprint density at radius 2 is 1.86 bits per heavy atom. The SMILES string of the molecule is CCOC(Cc1ccc(OCC(O)c2cccc(OC)c2)cc1)C(=O)NOC. The minimum Gasteiger partial charge on any atom is -0.497 e. The van der Waals surface area contributed by atoms with E-state index in [-0.39, 0.29) is 12.5 Å². The van der Waals surface area contributed by atoms with Crippen molar-refractivity contribution in [2.45, 2.75) is 25.6 Å². The lowest BCUT2D eigenvalue weighted by atomic mass is 10.1. The van der Waals surface area contributed by atoms with Crippen LogP contribution in [0.2, 0.25) is 0 Å². The molecular formula is C21H27NO6. The molecular weight excluding hydrogens is 362 g/mol. The maximum absolute atomic E-state index is 11.9. The van der Waals surface area contributed by atoms with Crippen LogP contribution in [0, 0.1) is 0 Å². The van der Waals surface area contributed by atoms with E-state index in [2.05, 4.69) is 10.3 Å². The van der Waals surface area contributed by atoms with Crippen LogP contribution in [0.25, 0.3) is 0 Å². The van der Waals surface area contributed by atoms with Crippen molar-refractivity contribution in [3.63, 3.8) is 0 Å². The van der Waals surface area contributed by atoms with Crippen LogP contribution < -0.4 is 15.0 Å². The number of nitrogens with one attached hydrogen (secondary N) is 1. The van der Waals surface area contributed by atoms with Gasteiger partial charge in [0.1, 0.15) is 30.3 Å². The monoisotopic (exact) mass is 389 g/mol. The van der Waals surface area contributed by atoms with Gasteiger partial charge in [-0.2, -0.15) is 0 Å². The number of aliphatic hydroxyl groups is 1. The number of hydroxylamine groups is 1. The molecule has 7 heteroatoms. The molecule has 2 N–H and O–H groups in total. The van der Waals surface area contributed by atoms with Crippen molar-refractivity contribution >= 4 is 5.91 Å². The highest BCUT2D eigenvalue weighted by atomic mass is 16.6. The molecule has 0 heterocycles. The van der Waals surface area contributed by atoms with Gasteiger partial charge in [0.15, 0.2) is 0 Å². The molecule has 0 spiro atoms. The van der Waals surface area contributed by atoms with Gasteiger partial charge in [0.05, 0.1) is 14.2 Å². The van der Waals surface area contributed by atoms with E-state index in [1.807, 2.05) is 37.3 Å². The summed E-state index contributed by atoms with van der Waals surface area (Å²) in [5, 5.41) is 10.3. The van der Waals surface area contributed by atoms with E-state index >= 15 is 0 Å². The molecule has 1 amide bonds. The van der Waals surface area contributed by atoms with Gasteiger partial charge in [-0.05, 0) is 42.3 Å². The largest absolute Gasteiger partial charge is 0.497 e. The van der Waals surface area contributed by atoms with E-state index in [0.717, 1.165) is 11.1 Å². The molecule has 0 bridgehead atoms. The van der Waals surface area contributed by atoms with Gasteiger partial charge in [0.25, 0.3) is 5.91 Å². The molecule has 2 rings (SSSR count). The average molecular weight is 389 g/mol. The number of rotatable bonds is 11. The first-order chi connectivity index (χ1) is 13.6. The highest BCUT2D eigenvalue weighted by Gasteiger charge is 2.19. The summed E-state index contributed by atoms with van der Waals surface area (Å²) in [5.41, 5.74) is 3.94. The molecule has 0 aliphatic rings. The molecule has 0 aromatic heterocycles. The van der Waals surface area contributed by atoms with Crippen molar-refractivity contribution in [1.29, 1.82) is 0 Å². The molecule has 2 aromatic carbocycles. The van der Waals surface area contributed by atoms with Gasteiger partial charge < -0.3 is 19.3 Å². The minimum absolute atomic E-state index is 0.115. The maximum atomic E-state index is 11.9. The molecule has 2 atom stereocenters. The van der Waals surface area contributed by atoms with Gasteiger partial charge in [0.2, 0.25) is 0 Å². The quantitative estimate of drug-likeness (QED) is 0.574. The zero-order valence-electron chi connectivity index (χ0n) is 16.4. The fourth-order valence-corrected chi connectivity index (χ4v) is 2.65. The third-order valence-electron chi connectivity index (χ3n) is 4.09. The lowest BCUT2D eigenvalue weighted by molar-refractivity contribution is -0.143. The number of aliphatic hydroxyl groups excluding tert-OH is 1. The van der Waals surface area contributed by atoms with Crippen LogP contribution in [0.15, 0.2) is 48.5 Å². The number of carbonyl (C=O) groups excluding carboxylic acids is 1. The molecule has 0 radical (unpaired) electrons. The summed E-state index contributed by atoms with van der Waals surface area (Å²) in [5.74, 6) is 0.980. The summed E-state index contributed by atoms with van der Waals surface area (Å²) in [7, 11) is 2.96. The first-order valence-electron chi connectivity index (χ1n) is 9.05. The molecule has 7 nitrogen and oxygen atoms in total. The molecule has 2 unspecified atom stereocenters.